The number of benzene rings is 2. The van der Waals surface area contributed by atoms with Crippen LogP contribution < -0.4 is 14.4 Å². The maximum absolute atomic E-state index is 13.2. The van der Waals surface area contributed by atoms with E-state index in [1.165, 1.54) is 30.4 Å². The van der Waals surface area contributed by atoms with E-state index in [-0.39, 0.29) is 11.8 Å². The highest BCUT2D eigenvalue weighted by atomic mass is 35.5. The minimum Gasteiger partial charge on any atom is -0.491 e. The number of carbonyl (C=O) groups is 1. The second-order valence-electron chi connectivity index (χ2n) is 10.8. The van der Waals surface area contributed by atoms with Gasteiger partial charge in [-0.25, -0.2) is 0 Å². The molecule has 2 aliphatic rings. The van der Waals surface area contributed by atoms with Crippen molar-refractivity contribution in [3.8, 4) is 5.75 Å². The molecule has 0 saturated heterocycles. The van der Waals surface area contributed by atoms with Crippen molar-refractivity contribution in [1.82, 2.24) is 4.72 Å². The molecule has 1 aliphatic heterocycles. The number of rotatable bonds is 9. The third-order valence-electron chi connectivity index (χ3n) is 7.82. The van der Waals surface area contributed by atoms with E-state index >= 15 is 0 Å². The predicted octanol–water partition coefficient (Wildman–Crippen LogP) is 7.47. The fourth-order valence-corrected chi connectivity index (χ4v) is 6.43. The van der Waals surface area contributed by atoms with Crippen molar-refractivity contribution in [1.29, 1.82) is 0 Å². The van der Waals surface area contributed by atoms with Gasteiger partial charge in [-0.15, -0.1) is 0 Å². The lowest BCUT2D eigenvalue weighted by Crippen LogP contribution is -2.36. The quantitative estimate of drug-likeness (QED) is 0.343. The molecule has 1 saturated carbocycles. The lowest BCUT2D eigenvalue weighted by molar-refractivity contribution is 0.0984. The summed E-state index contributed by atoms with van der Waals surface area (Å²) in [5, 5.41) is 1.11. The normalized spacial score (nSPS) is 19.6. The molecule has 1 fully saturated rings. The van der Waals surface area contributed by atoms with E-state index in [1.54, 1.807) is 0 Å². The van der Waals surface area contributed by atoms with Crippen LogP contribution in [0.3, 0.4) is 0 Å². The summed E-state index contributed by atoms with van der Waals surface area (Å²) in [5.74, 6) is 6.44. The Morgan fingerprint density at radius 3 is 2.67 bits per heavy atom. The number of anilines is 1. The van der Waals surface area contributed by atoms with Gasteiger partial charge in [0.15, 0.2) is 0 Å². The molecule has 2 aromatic rings. The Bertz CT molecular complexity index is 1100. The first-order valence-electron chi connectivity index (χ1n) is 13.4. The van der Waals surface area contributed by atoms with Gasteiger partial charge in [-0.2, -0.15) is 0 Å². The number of ether oxygens (including phenoxy) is 1. The number of nitrogens with one attached hydrogen (secondary N) is 1. The van der Waals surface area contributed by atoms with Crippen molar-refractivity contribution in [3.63, 3.8) is 0 Å². The van der Waals surface area contributed by atoms with Crippen LogP contribution in [0.4, 0.5) is 5.69 Å². The molecule has 4 rings (SSSR count). The first-order chi connectivity index (χ1) is 17.3. The largest absolute Gasteiger partial charge is 0.491 e. The fourth-order valence-electron chi connectivity index (χ4n) is 5.04. The SMILES string of the molecule is C=S(NC(=O)c1ccc2c(c1)N(CC1CCC1)CC(c1ccc(Cl)cc1CCC)CO2)C(C)C(C)C. The van der Waals surface area contributed by atoms with E-state index in [4.69, 9.17) is 16.3 Å². The van der Waals surface area contributed by atoms with Crippen LogP contribution >= 0.6 is 22.3 Å². The standard InChI is InChI=1S/C30H41ClN2O2S/c1-6-8-23-15-26(31)12-13-27(23)25-18-33(17-22-9-7-10-22)28-16-24(11-14-29(28)35-19-25)30(34)32-36(5)21(4)20(2)3/h11-16,20-22,25H,5-10,17-19H2,1-4H3,(H,32,34). The molecule has 0 aromatic heterocycles. The highest BCUT2D eigenvalue weighted by Crippen LogP contribution is 2.39. The Morgan fingerprint density at radius 2 is 2.00 bits per heavy atom. The van der Waals surface area contributed by atoms with E-state index in [9.17, 15) is 4.79 Å². The number of carbonyl (C=O) groups excluding carboxylic acids is 1. The number of fused-ring (bicyclic) bond motifs is 1. The number of hydrogen-bond donors (Lipinski definition) is 1. The zero-order valence-electron chi connectivity index (χ0n) is 22.2. The van der Waals surface area contributed by atoms with Crippen molar-refractivity contribution < 1.29 is 9.53 Å². The van der Waals surface area contributed by atoms with Gasteiger partial charge in [-0.1, -0.05) is 74.7 Å². The minimum absolute atomic E-state index is 0.0593. The Morgan fingerprint density at radius 1 is 1.22 bits per heavy atom. The molecule has 1 amide bonds. The lowest BCUT2D eigenvalue weighted by Gasteiger charge is -2.35. The summed E-state index contributed by atoms with van der Waals surface area (Å²) in [4.78, 5) is 15.6. The van der Waals surface area contributed by atoms with E-state index in [0.717, 1.165) is 42.4 Å². The number of nitrogens with zero attached hydrogens (tertiary/aromatic N) is 1. The van der Waals surface area contributed by atoms with Crippen molar-refractivity contribution in [2.24, 2.45) is 11.8 Å². The van der Waals surface area contributed by atoms with Crippen LogP contribution in [0.15, 0.2) is 36.4 Å². The van der Waals surface area contributed by atoms with Gasteiger partial charge >= 0.3 is 0 Å². The molecule has 3 atom stereocenters. The third kappa shape index (κ3) is 6.28. The molecule has 1 N–H and O–H groups in total. The molecule has 1 aliphatic carbocycles. The summed E-state index contributed by atoms with van der Waals surface area (Å²) in [7, 11) is -0.433. The van der Waals surface area contributed by atoms with Crippen LogP contribution in [0.25, 0.3) is 0 Å². The van der Waals surface area contributed by atoms with E-state index in [1.807, 2.05) is 24.3 Å². The number of aryl methyl sites for hydroxylation is 1. The summed E-state index contributed by atoms with van der Waals surface area (Å²) in [6.07, 6.45) is 5.95. The lowest BCUT2D eigenvalue weighted by atomic mass is 9.84. The summed E-state index contributed by atoms with van der Waals surface area (Å²) < 4.78 is 9.56. The average molecular weight is 529 g/mol. The number of amides is 1. The summed E-state index contributed by atoms with van der Waals surface area (Å²) >= 11 is 6.36. The molecule has 1 heterocycles. The molecule has 0 spiro atoms. The van der Waals surface area contributed by atoms with Crippen LogP contribution in [0.1, 0.15) is 80.8 Å². The van der Waals surface area contributed by atoms with Crippen molar-refractivity contribution >= 4 is 39.7 Å². The number of halogens is 1. The molecule has 0 radical (unpaired) electrons. The predicted molar refractivity (Wildman–Crippen MR) is 156 cm³/mol. The Labute approximate surface area is 224 Å². The Balaban J connectivity index is 1.62. The first kappa shape index (κ1) is 27.1. The average Bonchev–Trinajstić information content (AvgIpc) is 3.00. The molecular weight excluding hydrogens is 488 g/mol. The summed E-state index contributed by atoms with van der Waals surface area (Å²) in [6.45, 7) is 11.2. The van der Waals surface area contributed by atoms with Gasteiger partial charge in [0.2, 0.25) is 0 Å². The first-order valence-corrected chi connectivity index (χ1v) is 15.2. The Kier molecular flexibility index (Phi) is 9.05. The van der Waals surface area contributed by atoms with Crippen molar-refractivity contribution in [3.05, 3.63) is 58.1 Å². The third-order valence-corrected chi connectivity index (χ3v) is 9.95. The monoisotopic (exact) mass is 528 g/mol. The molecule has 36 heavy (non-hydrogen) atoms. The smallest absolute Gasteiger partial charge is 0.260 e. The van der Waals surface area contributed by atoms with Gasteiger partial charge in [-0.3, -0.25) is 4.79 Å². The topological polar surface area (TPSA) is 41.6 Å². The zero-order chi connectivity index (χ0) is 25.8. The van der Waals surface area contributed by atoms with Gasteiger partial charge < -0.3 is 14.4 Å². The maximum Gasteiger partial charge on any atom is 0.260 e. The van der Waals surface area contributed by atoms with E-state index < -0.39 is 10.7 Å². The molecule has 0 bridgehead atoms. The van der Waals surface area contributed by atoms with Gasteiger partial charge in [0.25, 0.3) is 5.91 Å². The Hall–Kier alpha value is -1.98. The van der Waals surface area contributed by atoms with Crippen molar-refractivity contribution in [2.45, 2.75) is 71.0 Å². The van der Waals surface area contributed by atoms with Crippen LogP contribution in [-0.4, -0.2) is 36.7 Å². The second kappa shape index (κ2) is 12.0. The highest BCUT2D eigenvalue weighted by molar-refractivity contribution is 8.13. The molecule has 196 valence electrons. The molecule has 3 unspecified atom stereocenters. The molecular formula is C30H41ClN2O2S. The summed E-state index contributed by atoms with van der Waals surface area (Å²) in [5.41, 5.74) is 4.35. The minimum atomic E-state index is -0.433. The van der Waals surface area contributed by atoms with E-state index in [0.29, 0.717) is 29.3 Å². The van der Waals surface area contributed by atoms with Crippen LogP contribution in [0.2, 0.25) is 5.02 Å². The van der Waals surface area contributed by atoms with Crippen LogP contribution in [0.5, 0.6) is 5.75 Å². The second-order valence-corrected chi connectivity index (χ2v) is 13.0. The van der Waals surface area contributed by atoms with Gasteiger partial charge in [-0.05, 0) is 72.6 Å². The van der Waals surface area contributed by atoms with Crippen LogP contribution in [0, 0.1) is 11.8 Å². The van der Waals surface area contributed by atoms with Crippen LogP contribution in [-0.2, 0) is 6.42 Å². The van der Waals surface area contributed by atoms with Gasteiger partial charge in [0.1, 0.15) is 5.75 Å². The van der Waals surface area contributed by atoms with Crippen molar-refractivity contribution in [2.75, 3.05) is 24.6 Å². The maximum atomic E-state index is 13.2. The molecule has 6 heteroatoms. The number of hydrogen-bond acceptors (Lipinski definition) is 3. The zero-order valence-corrected chi connectivity index (χ0v) is 23.8. The highest BCUT2D eigenvalue weighted by Gasteiger charge is 2.30. The van der Waals surface area contributed by atoms with Gasteiger partial charge in [0.05, 0.1) is 12.3 Å². The summed E-state index contributed by atoms with van der Waals surface area (Å²) in [6, 6.07) is 12.2. The van der Waals surface area contributed by atoms with E-state index in [2.05, 4.69) is 55.3 Å². The molecule has 4 nitrogen and oxygen atoms in total. The van der Waals surface area contributed by atoms with Gasteiger partial charge in [0, 0.05) is 34.8 Å². The fraction of sp³-hybridized carbons (Fsp3) is 0.533. The molecule has 2 aromatic carbocycles.